The van der Waals surface area contributed by atoms with Crippen LogP contribution in [0.15, 0.2) is 30.6 Å². The third kappa shape index (κ3) is 1.89. The molecule has 1 aliphatic rings. The van der Waals surface area contributed by atoms with Crippen LogP contribution in [0.4, 0.5) is 5.82 Å². The highest BCUT2D eigenvalue weighted by Crippen LogP contribution is 2.23. The maximum Gasteiger partial charge on any atom is 0.185 e. The number of anilines is 1. The zero-order valence-corrected chi connectivity index (χ0v) is 11.2. The first-order chi connectivity index (χ1) is 9.92. The SMILES string of the molecule is c1ccc2c(c1)c(NCN1CCCC1)nn1cnnc21. The molecule has 0 saturated carbocycles. The van der Waals surface area contributed by atoms with Gasteiger partial charge in [-0.3, -0.25) is 4.90 Å². The van der Waals surface area contributed by atoms with Crippen LogP contribution >= 0.6 is 0 Å². The Kier molecular flexibility index (Phi) is 2.74. The van der Waals surface area contributed by atoms with E-state index >= 15 is 0 Å². The summed E-state index contributed by atoms with van der Waals surface area (Å²) in [6.07, 6.45) is 4.23. The van der Waals surface area contributed by atoms with Crippen molar-refractivity contribution in [2.75, 3.05) is 25.1 Å². The first-order valence-electron chi connectivity index (χ1n) is 6.97. The molecule has 0 atom stereocenters. The van der Waals surface area contributed by atoms with Crippen molar-refractivity contribution in [2.24, 2.45) is 0 Å². The molecule has 1 N–H and O–H groups in total. The molecule has 0 bridgehead atoms. The molecule has 0 amide bonds. The van der Waals surface area contributed by atoms with Crippen molar-refractivity contribution in [3.63, 3.8) is 0 Å². The number of nitrogens with zero attached hydrogens (tertiary/aromatic N) is 5. The number of aromatic nitrogens is 4. The van der Waals surface area contributed by atoms with Gasteiger partial charge < -0.3 is 5.32 Å². The zero-order chi connectivity index (χ0) is 13.4. The molecule has 0 radical (unpaired) electrons. The van der Waals surface area contributed by atoms with Gasteiger partial charge in [-0.2, -0.15) is 4.52 Å². The molecule has 1 saturated heterocycles. The summed E-state index contributed by atoms with van der Waals surface area (Å²) in [5.41, 5.74) is 0.798. The molecule has 3 heterocycles. The molecule has 3 aromatic rings. The van der Waals surface area contributed by atoms with Crippen molar-refractivity contribution < 1.29 is 0 Å². The highest BCUT2D eigenvalue weighted by molar-refractivity contribution is 5.99. The van der Waals surface area contributed by atoms with E-state index in [1.165, 1.54) is 25.9 Å². The highest BCUT2D eigenvalue weighted by atomic mass is 15.4. The second-order valence-corrected chi connectivity index (χ2v) is 5.15. The average Bonchev–Trinajstić information content (AvgIpc) is 3.16. The van der Waals surface area contributed by atoms with Gasteiger partial charge in [0, 0.05) is 10.8 Å². The Morgan fingerprint density at radius 1 is 1.10 bits per heavy atom. The van der Waals surface area contributed by atoms with E-state index in [0.29, 0.717) is 0 Å². The molecule has 2 aromatic heterocycles. The number of rotatable bonds is 3. The van der Waals surface area contributed by atoms with Gasteiger partial charge in [-0.25, -0.2) is 0 Å². The summed E-state index contributed by atoms with van der Waals surface area (Å²) in [7, 11) is 0. The van der Waals surface area contributed by atoms with Crippen LogP contribution in [0.3, 0.4) is 0 Å². The van der Waals surface area contributed by atoms with Crippen LogP contribution in [0, 0.1) is 0 Å². The molecule has 102 valence electrons. The van der Waals surface area contributed by atoms with E-state index in [-0.39, 0.29) is 0 Å². The summed E-state index contributed by atoms with van der Waals surface area (Å²) in [6, 6.07) is 8.17. The predicted octanol–water partition coefficient (Wildman–Crippen LogP) is 1.74. The summed E-state index contributed by atoms with van der Waals surface area (Å²) >= 11 is 0. The molecule has 1 fully saturated rings. The van der Waals surface area contributed by atoms with Gasteiger partial charge in [0.2, 0.25) is 0 Å². The molecular formula is C14H16N6. The molecule has 4 rings (SSSR count). The molecule has 0 spiro atoms. The topological polar surface area (TPSA) is 58.4 Å². The quantitative estimate of drug-likeness (QED) is 0.784. The van der Waals surface area contributed by atoms with Gasteiger partial charge in [-0.1, -0.05) is 24.3 Å². The average molecular weight is 268 g/mol. The number of nitrogens with one attached hydrogen (secondary N) is 1. The van der Waals surface area contributed by atoms with Crippen molar-refractivity contribution in [1.82, 2.24) is 24.7 Å². The fourth-order valence-corrected chi connectivity index (χ4v) is 2.78. The normalized spacial score (nSPS) is 16.2. The molecule has 0 unspecified atom stereocenters. The molecule has 20 heavy (non-hydrogen) atoms. The summed E-state index contributed by atoms with van der Waals surface area (Å²) < 4.78 is 1.73. The van der Waals surface area contributed by atoms with Crippen LogP contribution < -0.4 is 5.32 Å². The number of benzene rings is 1. The highest BCUT2D eigenvalue weighted by Gasteiger charge is 2.13. The Labute approximate surface area is 116 Å². The van der Waals surface area contributed by atoms with Crippen LogP contribution in [-0.2, 0) is 0 Å². The van der Waals surface area contributed by atoms with Gasteiger partial charge in [0.1, 0.15) is 6.33 Å². The van der Waals surface area contributed by atoms with Gasteiger partial charge in [-0.05, 0) is 25.9 Å². The molecule has 6 heteroatoms. The van der Waals surface area contributed by atoms with Crippen LogP contribution in [0.25, 0.3) is 16.4 Å². The van der Waals surface area contributed by atoms with E-state index in [1.54, 1.807) is 10.8 Å². The lowest BCUT2D eigenvalue weighted by Gasteiger charge is -2.16. The lowest BCUT2D eigenvalue weighted by molar-refractivity contribution is 0.364. The van der Waals surface area contributed by atoms with Gasteiger partial charge in [-0.15, -0.1) is 15.3 Å². The van der Waals surface area contributed by atoms with Gasteiger partial charge in [0.15, 0.2) is 11.5 Å². The first-order valence-corrected chi connectivity index (χ1v) is 6.97. The Hall–Kier alpha value is -2.21. The number of likely N-dealkylation sites (tertiary alicyclic amines) is 1. The van der Waals surface area contributed by atoms with Crippen LogP contribution in [0.1, 0.15) is 12.8 Å². The molecule has 6 nitrogen and oxygen atoms in total. The Balaban J connectivity index is 1.75. The van der Waals surface area contributed by atoms with E-state index in [4.69, 9.17) is 0 Å². The maximum absolute atomic E-state index is 4.58. The lowest BCUT2D eigenvalue weighted by Crippen LogP contribution is -2.26. The third-order valence-electron chi connectivity index (χ3n) is 3.83. The van der Waals surface area contributed by atoms with Crippen molar-refractivity contribution in [1.29, 1.82) is 0 Å². The van der Waals surface area contributed by atoms with E-state index in [9.17, 15) is 0 Å². The van der Waals surface area contributed by atoms with Crippen LogP contribution in [0.2, 0.25) is 0 Å². The fourth-order valence-electron chi connectivity index (χ4n) is 2.78. The molecular weight excluding hydrogens is 252 g/mol. The number of hydrogen-bond acceptors (Lipinski definition) is 5. The summed E-state index contributed by atoms with van der Waals surface area (Å²) in [6.45, 7) is 3.17. The van der Waals surface area contributed by atoms with Gasteiger partial charge in [0.25, 0.3) is 0 Å². The Bertz CT molecular complexity index is 744. The zero-order valence-electron chi connectivity index (χ0n) is 11.2. The van der Waals surface area contributed by atoms with Gasteiger partial charge >= 0.3 is 0 Å². The summed E-state index contributed by atoms with van der Waals surface area (Å²) in [5.74, 6) is 0.889. The second kappa shape index (κ2) is 4.72. The largest absolute Gasteiger partial charge is 0.355 e. The smallest absolute Gasteiger partial charge is 0.185 e. The predicted molar refractivity (Wildman–Crippen MR) is 77.6 cm³/mol. The monoisotopic (exact) mass is 268 g/mol. The van der Waals surface area contributed by atoms with Crippen molar-refractivity contribution in [3.8, 4) is 0 Å². The Morgan fingerprint density at radius 2 is 1.90 bits per heavy atom. The van der Waals surface area contributed by atoms with Crippen molar-refractivity contribution in [2.45, 2.75) is 12.8 Å². The molecule has 1 aromatic carbocycles. The van der Waals surface area contributed by atoms with Crippen molar-refractivity contribution >= 4 is 22.2 Å². The van der Waals surface area contributed by atoms with Crippen LogP contribution in [-0.4, -0.2) is 44.5 Å². The summed E-state index contributed by atoms with van der Waals surface area (Å²) in [4.78, 5) is 2.41. The van der Waals surface area contributed by atoms with E-state index < -0.39 is 0 Å². The number of fused-ring (bicyclic) bond motifs is 3. The first kappa shape index (κ1) is 11.6. The van der Waals surface area contributed by atoms with Crippen molar-refractivity contribution in [3.05, 3.63) is 30.6 Å². The van der Waals surface area contributed by atoms with E-state index in [1.807, 2.05) is 12.1 Å². The second-order valence-electron chi connectivity index (χ2n) is 5.15. The van der Waals surface area contributed by atoms with Gasteiger partial charge in [0.05, 0.1) is 6.67 Å². The third-order valence-corrected chi connectivity index (χ3v) is 3.83. The standard InChI is InChI=1S/C14H16N6/c1-2-6-12-11(5-1)13(15-9-19-7-3-4-8-19)18-20-10-16-17-14(12)20/h1-2,5-6,10H,3-4,7-9H2,(H,15,18). The fraction of sp³-hybridized carbons (Fsp3) is 0.357. The van der Waals surface area contributed by atoms with Crippen LogP contribution in [0.5, 0.6) is 0 Å². The molecule has 1 aliphatic heterocycles. The Morgan fingerprint density at radius 3 is 2.75 bits per heavy atom. The van der Waals surface area contributed by atoms with E-state index in [0.717, 1.165) is 28.9 Å². The molecule has 0 aliphatic carbocycles. The number of hydrogen-bond donors (Lipinski definition) is 1. The maximum atomic E-state index is 4.58. The summed E-state index contributed by atoms with van der Waals surface area (Å²) in [5, 5.41) is 18.3. The minimum absolute atomic E-state index is 0.798. The minimum Gasteiger partial charge on any atom is -0.355 e. The lowest BCUT2D eigenvalue weighted by atomic mass is 10.2. The minimum atomic E-state index is 0.798. The van der Waals surface area contributed by atoms with E-state index in [2.05, 4.69) is 37.6 Å².